The van der Waals surface area contributed by atoms with Crippen LogP contribution < -0.4 is 4.90 Å². The van der Waals surface area contributed by atoms with Gasteiger partial charge in [-0.05, 0) is 28.1 Å². The molecule has 7 nitrogen and oxygen atoms in total. The standard InChI is InChI=1S/C11H12BrN5O2/c1-15(5-6-16-7-13-14-8-16)10-4-2-3-9(12)11(10)17(18)19/h2-4,7-8H,5-6H2,1H3. The van der Waals surface area contributed by atoms with Crippen LogP contribution in [0.5, 0.6) is 0 Å². The average molecular weight is 326 g/mol. The minimum Gasteiger partial charge on any atom is -0.367 e. The normalized spacial score (nSPS) is 10.4. The quantitative estimate of drug-likeness (QED) is 0.621. The van der Waals surface area contributed by atoms with Gasteiger partial charge < -0.3 is 9.47 Å². The molecule has 0 aliphatic carbocycles. The summed E-state index contributed by atoms with van der Waals surface area (Å²) < 4.78 is 2.30. The highest BCUT2D eigenvalue weighted by Gasteiger charge is 2.20. The van der Waals surface area contributed by atoms with Crippen LogP contribution in [0.1, 0.15) is 0 Å². The van der Waals surface area contributed by atoms with Crippen molar-refractivity contribution in [1.82, 2.24) is 14.8 Å². The molecule has 0 radical (unpaired) electrons. The summed E-state index contributed by atoms with van der Waals surface area (Å²) in [6.07, 6.45) is 3.23. The van der Waals surface area contributed by atoms with E-state index >= 15 is 0 Å². The summed E-state index contributed by atoms with van der Waals surface area (Å²) in [5.74, 6) is 0. The smallest absolute Gasteiger partial charge is 0.306 e. The van der Waals surface area contributed by atoms with Crippen LogP contribution in [0, 0.1) is 10.1 Å². The molecular weight excluding hydrogens is 314 g/mol. The number of hydrogen-bond donors (Lipinski definition) is 0. The molecule has 0 aliphatic rings. The Kier molecular flexibility index (Phi) is 4.10. The van der Waals surface area contributed by atoms with Crippen molar-refractivity contribution in [2.45, 2.75) is 6.54 Å². The number of anilines is 1. The van der Waals surface area contributed by atoms with Crippen LogP contribution in [-0.2, 0) is 6.54 Å². The summed E-state index contributed by atoms with van der Waals surface area (Å²) in [5, 5.41) is 18.5. The molecule has 2 rings (SSSR count). The van der Waals surface area contributed by atoms with Gasteiger partial charge in [-0.15, -0.1) is 10.2 Å². The molecule has 0 atom stereocenters. The zero-order chi connectivity index (χ0) is 13.8. The van der Waals surface area contributed by atoms with E-state index in [9.17, 15) is 10.1 Å². The summed E-state index contributed by atoms with van der Waals surface area (Å²) >= 11 is 3.21. The first-order valence-corrected chi connectivity index (χ1v) is 6.35. The number of nitro groups is 1. The van der Waals surface area contributed by atoms with E-state index in [0.29, 0.717) is 23.2 Å². The number of hydrogen-bond acceptors (Lipinski definition) is 5. The molecule has 0 bridgehead atoms. The molecule has 1 aromatic heterocycles. The van der Waals surface area contributed by atoms with Crippen LogP contribution in [-0.4, -0.2) is 33.3 Å². The molecular formula is C11H12BrN5O2. The van der Waals surface area contributed by atoms with Crippen molar-refractivity contribution >= 4 is 27.3 Å². The molecule has 0 aliphatic heterocycles. The van der Waals surface area contributed by atoms with Gasteiger partial charge in [0.15, 0.2) is 0 Å². The Hall–Kier alpha value is -1.96. The van der Waals surface area contributed by atoms with Crippen molar-refractivity contribution in [3.63, 3.8) is 0 Å². The van der Waals surface area contributed by atoms with Gasteiger partial charge in [-0.25, -0.2) is 0 Å². The van der Waals surface area contributed by atoms with E-state index in [-0.39, 0.29) is 10.6 Å². The van der Waals surface area contributed by atoms with Gasteiger partial charge in [0, 0.05) is 20.1 Å². The van der Waals surface area contributed by atoms with Crippen molar-refractivity contribution in [2.24, 2.45) is 0 Å². The maximum absolute atomic E-state index is 11.1. The molecule has 19 heavy (non-hydrogen) atoms. The van der Waals surface area contributed by atoms with Gasteiger partial charge in [-0.1, -0.05) is 6.07 Å². The maximum atomic E-state index is 11.1. The minimum atomic E-state index is -0.380. The molecule has 1 aromatic carbocycles. The minimum absolute atomic E-state index is 0.0776. The highest BCUT2D eigenvalue weighted by molar-refractivity contribution is 9.10. The zero-order valence-electron chi connectivity index (χ0n) is 10.2. The van der Waals surface area contributed by atoms with E-state index in [0.717, 1.165) is 0 Å². The molecule has 8 heteroatoms. The van der Waals surface area contributed by atoms with Crippen LogP contribution in [0.4, 0.5) is 11.4 Å². The van der Waals surface area contributed by atoms with Gasteiger partial charge >= 0.3 is 5.69 Å². The highest BCUT2D eigenvalue weighted by Crippen LogP contribution is 2.34. The van der Waals surface area contributed by atoms with Crippen LogP contribution in [0.3, 0.4) is 0 Å². The van der Waals surface area contributed by atoms with E-state index in [1.807, 2.05) is 16.5 Å². The lowest BCUT2D eigenvalue weighted by molar-refractivity contribution is -0.384. The molecule has 2 aromatic rings. The molecule has 1 heterocycles. The van der Waals surface area contributed by atoms with Crippen LogP contribution in [0.2, 0.25) is 0 Å². The fourth-order valence-electron chi connectivity index (χ4n) is 1.72. The second kappa shape index (κ2) is 5.79. The number of nitro benzene ring substituents is 1. The lowest BCUT2D eigenvalue weighted by atomic mass is 10.2. The predicted molar refractivity (Wildman–Crippen MR) is 74.1 cm³/mol. The molecule has 0 spiro atoms. The van der Waals surface area contributed by atoms with Gasteiger partial charge in [-0.3, -0.25) is 10.1 Å². The van der Waals surface area contributed by atoms with Gasteiger partial charge in [0.2, 0.25) is 0 Å². The van der Waals surface area contributed by atoms with Crippen molar-refractivity contribution < 1.29 is 4.92 Å². The van der Waals surface area contributed by atoms with E-state index in [2.05, 4.69) is 26.1 Å². The van der Waals surface area contributed by atoms with E-state index < -0.39 is 0 Å². The highest BCUT2D eigenvalue weighted by atomic mass is 79.9. The summed E-state index contributed by atoms with van der Waals surface area (Å²) in [4.78, 5) is 12.6. The Labute approximate surface area is 118 Å². The maximum Gasteiger partial charge on any atom is 0.306 e. The molecule has 0 amide bonds. The number of benzene rings is 1. The summed E-state index contributed by atoms with van der Waals surface area (Å²) in [5.41, 5.74) is 0.654. The fourth-order valence-corrected chi connectivity index (χ4v) is 2.22. The van der Waals surface area contributed by atoms with Crippen molar-refractivity contribution in [1.29, 1.82) is 0 Å². The van der Waals surface area contributed by atoms with Crippen LogP contribution >= 0.6 is 15.9 Å². The topological polar surface area (TPSA) is 77.1 Å². The van der Waals surface area contributed by atoms with Crippen LogP contribution in [0.15, 0.2) is 35.3 Å². The summed E-state index contributed by atoms with van der Waals surface area (Å²) in [6, 6.07) is 5.17. The Balaban J connectivity index is 2.16. The fraction of sp³-hybridized carbons (Fsp3) is 0.273. The predicted octanol–water partition coefficient (Wildman–Crippen LogP) is 2.09. The molecule has 0 N–H and O–H groups in total. The van der Waals surface area contributed by atoms with Crippen molar-refractivity contribution in [3.05, 3.63) is 45.4 Å². The van der Waals surface area contributed by atoms with E-state index in [1.165, 1.54) is 0 Å². The van der Waals surface area contributed by atoms with E-state index in [1.54, 1.807) is 30.9 Å². The lowest BCUT2D eigenvalue weighted by Crippen LogP contribution is -2.23. The number of aromatic nitrogens is 3. The monoisotopic (exact) mass is 325 g/mol. The molecule has 100 valence electrons. The van der Waals surface area contributed by atoms with E-state index in [4.69, 9.17) is 0 Å². The first kappa shape index (κ1) is 13.5. The van der Waals surface area contributed by atoms with Gasteiger partial charge in [0.25, 0.3) is 0 Å². The van der Waals surface area contributed by atoms with Crippen molar-refractivity contribution in [3.8, 4) is 0 Å². The Morgan fingerprint density at radius 1 is 1.42 bits per heavy atom. The van der Waals surface area contributed by atoms with Crippen LogP contribution in [0.25, 0.3) is 0 Å². The number of halogens is 1. The largest absolute Gasteiger partial charge is 0.367 e. The third-order valence-electron chi connectivity index (χ3n) is 2.72. The molecule has 0 fully saturated rings. The lowest BCUT2D eigenvalue weighted by Gasteiger charge is -2.19. The van der Waals surface area contributed by atoms with Crippen molar-refractivity contribution in [2.75, 3.05) is 18.5 Å². The third kappa shape index (κ3) is 3.08. The second-order valence-corrected chi connectivity index (χ2v) is 4.84. The third-order valence-corrected chi connectivity index (χ3v) is 3.36. The number of para-hydroxylation sites is 1. The number of rotatable bonds is 5. The van der Waals surface area contributed by atoms with Gasteiger partial charge in [-0.2, -0.15) is 0 Å². The first-order valence-electron chi connectivity index (χ1n) is 5.56. The SMILES string of the molecule is CN(CCn1cnnc1)c1cccc(Br)c1[N+](=O)[O-]. The molecule has 0 saturated heterocycles. The summed E-state index contributed by atoms with van der Waals surface area (Å²) in [6.45, 7) is 1.28. The van der Waals surface area contributed by atoms with Gasteiger partial charge in [0.05, 0.1) is 9.40 Å². The second-order valence-electron chi connectivity index (χ2n) is 3.99. The Morgan fingerprint density at radius 3 is 2.74 bits per heavy atom. The molecule has 0 unspecified atom stereocenters. The first-order chi connectivity index (χ1) is 9.09. The summed E-state index contributed by atoms with van der Waals surface area (Å²) in [7, 11) is 1.82. The Morgan fingerprint density at radius 2 is 2.11 bits per heavy atom. The molecule has 0 saturated carbocycles. The zero-order valence-corrected chi connectivity index (χ0v) is 11.8. The Bertz CT molecular complexity index is 572. The average Bonchev–Trinajstić information content (AvgIpc) is 2.88. The number of likely N-dealkylation sites (N-methyl/N-ethyl adjacent to an activating group) is 1. The number of nitrogens with zero attached hydrogens (tertiary/aromatic N) is 5. The van der Waals surface area contributed by atoms with Gasteiger partial charge in [0.1, 0.15) is 18.3 Å².